The van der Waals surface area contributed by atoms with Crippen LogP contribution in [0.15, 0.2) is 34.4 Å². The van der Waals surface area contributed by atoms with E-state index in [-0.39, 0.29) is 11.7 Å². The first-order valence-electron chi connectivity index (χ1n) is 8.76. The molecule has 0 atom stereocenters. The first-order chi connectivity index (χ1) is 13.5. The second-order valence-corrected chi connectivity index (χ2v) is 9.79. The average molecular weight is 451 g/mol. The average Bonchev–Trinajstić information content (AvgIpc) is 3.03. The van der Waals surface area contributed by atoms with E-state index in [4.69, 9.17) is 21.6 Å². The molecule has 3 aromatic rings. The van der Waals surface area contributed by atoms with Crippen molar-refractivity contribution in [3.63, 3.8) is 0 Å². The van der Waals surface area contributed by atoms with Crippen LogP contribution in [0.25, 0.3) is 10.2 Å². The smallest absolute Gasteiger partial charge is 0.234 e. The minimum absolute atomic E-state index is 0.0754. The summed E-state index contributed by atoms with van der Waals surface area (Å²) in [5.74, 6) is 0.213. The molecule has 1 N–H and O–H groups in total. The van der Waals surface area contributed by atoms with Crippen LogP contribution in [-0.2, 0) is 17.8 Å². The van der Waals surface area contributed by atoms with Gasteiger partial charge < -0.3 is 10.2 Å². The van der Waals surface area contributed by atoms with E-state index in [1.807, 2.05) is 18.4 Å². The largest absolute Gasteiger partial charge is 0.325 e. The summed E-state index contributed by atoms with van der Waals surface area (Å²) in [6.45, 7) is 1.98. The molecule has 0 aliphatic carbocycles. The number of anilines is 1. The molecule has 1 aliphatic heterocycles. The summed E-state index contributed by atoms with van der Waals surface area (Å²) in [7, 11) is 2.14. The molecule has 0 bridgehead atoms. The van der Waals surface area contributed by atoms with Gasteiger partial charge in [-0.3, -0.25) is 4.79 Å². The predicted octanol–water partition coefficient (Wildman–Crippen LogP) is 4.79. The predicted molar refractivity (Wildman–Crippen MR) is 120 cm³/mol. The Labute approximate surface area is 181 Å². The van der Waals surface area contributed by atoms with Gasteiger partial charge in [0.1, 0.15) is 9.86 Å². The minimum atomic E-state index is -0.0754. The number of thioether (sulfide) groups is 2. The van der Waals surface area contributed by atoms with E-state index in [0.29, 0.717) is 10.7 Å². The number of hydrogen-bond acceptors (Lipinski definition) is 7. The standard InChI is InChI=1S/C19H19ClN4OS3/c1-24-7-6-13-14(9-24)28-18-16(13)17(22-19(23-18)26-2)27-10-15(25)21-12-5-3-4-11(20)8-12/h3-5,8H,6-7,9-10H2,1-2H3,(H,21,25). The number of benzene rings is 1. The van der Waals surface area contributed by atoms with Crippen molar-refractivity contribution >= 4 is 68.3 Å². The van der Waals surface area contributed by atoms with Gasteiger partial charge in [-0.2, -0.15) is 0 Å². The normalized spacial score (nSPS) is 14.2. The third-order valence-electron chi connectivity index (χ3n) is 4.47. The Morgan fingerprint density at radius 3 is 3.04 bits per heavy atom. The second kappa shape index (κ2) is 8.59. The molecule has 0 spiro atoms. The topological polar surface area (TPSA) is 58.1 Å². The number of amides is 1. The van der Waals surface area contributed by atoms with Crippen LogP contribution in [0.1, 0.15) is 10.4 Å². The van der Waals surface area contributed by atoms with Crippen molar-refractivity contribution in [1.82, 2.24) is 14.9 Å². The Hall–Kier alpha value is -1.32. The fourth-order valence-corrected chi connectivity index (χ4v) is 6.05. The van der Waals surface area contributed by atoms with Crippen molar-refractivity contribution in [3.8, 4) is 0 Å². The zero-order chi connectivity index (χ0) is 19.7. The lowest BCUT2D eigenvalue weighted by Crippen LogP contribution is -2.25. The summed E-state index contributed by atoms with van der Waals surface area (Å²) in [6.07, 6.45) is 2.97. The monoisotopic (exact) mass is 450 g/mol. The van der Waals surface area contributed by atoms with Gasteiger partial charge in [-0.05, 0) is 43.5 Å². The molecule has 3 heterocycles. The lowest BCUT2D eigenvalue weighted by atomic mass is 10.1. The van der Waals surface area contributed by atoms with Crippen LogP contribution in [0.4, 0.5) is 5.69 Å². The number of rotatable bonds is 5. The molecule has 0 saturated heterocycles. The molecule has 9 heteroatoms. The van der Waals surface area contributed by atoms with E-state index < -0.39 is 0 Å². The summed E-state index contributed by atoms with van der Waals surface area (Å²) in [4.78, 5) is 26.6. The van der Waals surface area contributed by atoms with Gasteiger partial charge in [0, 0.05) is 34.1 Å². The number of thiophene rings is 1. The number of nitrogens with one attached hydrogen (secondary N) is 1. The van der Waals surface area contributed by atoms with Gasteiger partial charge in [0.2, 0.25) is 5.91 Å². The van der Waals surface area contributed by atoms with Crippen molar-refractivity contribution in [2.24, 2.45) is 0 Å². The van der Waals surface area contributed by atoms with E-state index in [1.54, 1.807) is 23.5 Å². The van der Waals surface area contributed by atoms with Crippen LogP contribution in [0.5, 0.6) is 0 Å². The molecular weight excluding hydrogens is 432 g/mol. The molecule has 1 amide bonds. The second-order valence-electron chi connectivity index (χ2n) is 6.53. The Kier molecular flexibility index (Phi) is 6.13. The van der Waals surface area contributed by atoms with Crippen molar-refractivity contribution in [1.29, 1.82) is 0 Å². The maximum absolute atomic E-state index is 12.4. The van der Waals surface area contributed by atoms with E-state index in [1.165, 1.54) is 34.0 Å². The summed E-state index contributed by atoms with van der Waals surface area (Å²) in [5.41, 5.74) is 2.05. The Bertz CT molecular complexity index is 1040. The van der Waals surface area contributed by atoms with Crippen molar-refractivity contribution in [3.05, 3.63) is 39.7 Å². The summed E-state index contributed by atoms with van der Waals surface area (Å²) < 4.78 is 0. The van der Waals surface area contributed by atoms with E-state index in [9.17, 15) is 4.79 Å². The lowest BCUT2D eigenvalue weighted by molar-refractivity contribution is -0.113. The number of likely N-dealkylation sites (N-methyl/N-ethyl adjacent to an activating group) is 1. The third-order valence-corrected chi connectivity index (χ3v) is 7.34. The molecule has 146 valence electrons. The van der Waals surface area contributed by atoms with Crippen molar-refractivity contribution in [2.75, 3.05) is 30.9 Å². The molecule has 0 unspecified atom stereocenters. The number of nitrogens with zero attached hydrogens (tertiary/aromatic N) is 3. The van der Waals surface area contributed by atoms with Gasteiger partial charge in [0.25, 0.3) is 0 Å². The van der Waals surface area contributed by atoms with Crippen LogP contribution in [-0.4, -0.2) is 46.4 Å². The highest BCUT2D eigenvalue weighted by atomic mass is 35.5. The fraction of sp³-hybridized carbons (Fsp3) is 0.316. The number of carbonyl (C=O) groups is 1. The number of halogens is 1. The van der Waals surface area contributed by atoms with Crippen LogP contribution >= 0.6 is 46.5 Å². The molecule has 1 aliphatic rings. The highest BCUT2D eigenvalue weighted by molar-refractivity contribution is 8.00. The summed E-state index contributed by atoms with van der Waals surface area (Å²) in [5, 5.41) is 6.27. The van der Waals surface area contributed by atoms with E-state index in [2.05, 4.69) is 17.3 Å². The Morgan fingerprint density at radius 1 is 1.39 bits per heavy atom. The number of aromatic nitrogens is 2. The fourth-order valence-electron chi connectivity index (χ4n) is 3.16. The van der Waals surface area contributed by atoms with E-state index >= 15 is 0 Å². The molecule has 0 saturated carbocycles. The number of fused-ring (bicyclic) bond motifs is 3. The number of hydrogen-bond donors (Lipinski definition) is 1. The molecule has 1 aromatic carbocycles. The van der Waals surface area contributed by atoms with E-state index in [0.717, 1.165) is 39.9 Å². The Balaban J connectivity index is 1.58. The van der Waals surface area contributed by atoms with Crippen molar-refractivity contribution < 1.29 is 4.79 Å². The van der Waals surface area contributed by atoms with Crippen LogP contribution in [0.2, 0.25) is 5.02 Å². The molecule has 0 fully saturated rings. The maximum atomic E-state index is 12.4. The first-order valence-corrected chi connectivity index (χ1v) is 12.2. The van der Waals surface area contributed by atoms with Crippen molar-refractivity contribution in [2.45, 2.75) is 23.1 Å². The minimum Gasteiger partial charge on any atom is -0.325 e. The molecule has 28 heavy (non-hydrogen) atoms. The third kappa shape index (κ3) is 4.31. The maximum Gasteiger partial charge on any atom is 0.234 e. The molecule has 5 nitrogen and oxygen atoms in total. The molecular formula is C19H19ClN4OS3. The quantitative estimate of drug-likeness (QED) is 0.343. The summed E-state index contributed by atoms with van der Waals surface area (Å²) >= 11 is 10.7. The van der Waals surface area contributed by atoms with Crippen LogP contribution in [0.3, 0.4) is 0 Å². The van der Waals surface area contributed by atoms with Gasteiger partial charge in [-0.15, -0.1) is 11.3 Å². The SMILES string of the molecule is CSc1nc(SCC(=O)Nc2cccc(Cl)c2)c2c3c(sc2n1)CN(C)CC3. The van der Waals surface area contributed by atoms with Gasteiger partial charge >= 0.3 is 0 Å². The summed E-state index contributed by atoms with van der Waals surface area (Å²) in [6, 6.07) is 7.17. The highest BCUT2D eigenvalue weighted by Crippen LogP contribution is 2.39. The van der Waals surface area contributed by atoms with Gasteiger partial charge in [-0.25, -0.2) is 9.97 Å². The van der Waals surface area contributed by atoms with Crippen LogP contribution < -0.4 is 5.32 Å². The lowest BCUT2D eigenvalue weighted by Gasteiger charge is -2.22. The zero-order valence-electron chi connectivity index (χ0n) is 15.5. The highest BCUT2D eigenvalue weighted by Gasteiger charge is 2.23. The molecule has 0 radical (unpaired) electrons. The first kappa shape index (κ1) is 20.0. The number of carbonyl (C=O) groups excluding carboxylic acids is 1. The Morgan fingerprint density at radius 2 is 2.25 bits per heavy atom. The van der Waals surface area contributed by atoms with Crippen LogP contribution in [0, 0.1) is 0 Å². The zero-order valence-corrected chi connectivity index (χ0v) is 18.7. The van der Waals surface area contributed by atoms with Gasteiger partial charge in [-0.1, -0.05) is 41.2 Å². The van der Waals surface area contributed by atoms with Gasteiger partial charge in [0.05, 0.1) is 5.75 Å². The molecule has 2 aromatic heterocycles. The van der Waals surface area contributed by atoms with Gasteiger partial charge in [0.15, 0.2) is 5.16 Å². The molecule has 4 rings (SSSR count).